The molecule has 5 nitrogen and oxygen atoms in total. The standard InChI is InChI=1S/C8H16N4O/c1-4(2)6-7(11-12-10-6)8(13)5(3)9/h4-5,8,13H,9H2,1-3H3,(H,10,11,12). The van der Waals surface area contributed by atoms with E-state index in [1.807, 2.05) is 13.8 Å². The average molecular weight is 184 g/mol. The second-order valence-electron chi connectivity index (χ2n) is 3.55. The van der Waals surface area contributed by atoms with E-state index in [2.05, 4.69) is 15.4 Å². The van der Waals surface area contributed by atoms with Gasteiger partial charge in [0.25, 0.3) is 0 Å². The van der Waals surface area contributed by atoms with E-state index in [1.165, 1.54) is 0 Å². The summed E-state index contributed by atoms with van der Waals surface area (Å²) in [7, 11) is 0. The minimum Gasteiger partial charge on any atom is -0.385 e. The molecule has 2 unspecified atom stereocenters. The van der Waals surface area contributed by atoms with Crippen LogP contribution in [-0.4, -0.2) is 26.6 Å². The molecule has 5 heteroatoms. The zero-order valence-electron chi connectivity index (χ0n) is 8.15. The Morgan fingerprint density at radius 2 is 1.77 bits per heavy atom. The molecule has 0 bridgehead atoms. The van der Waals surface area contributed by atoms with E-state index in [-0.39, 0.29) is 12.0 Å². The first-order valence-corrected chi connectivity index (χ1v) is 4.38. The Morgan fingerprint density at radius 1 is 1.23 bits per heavy atom. The fourth-order valence-corrected chi connectivity index (χ4v) is 1.14. The fraction of sp³-hybridized carbons (Fsp3) is 0.750. The minimum atomic E-state index is -0.740. The fourth-order valence-electron chi connectivity index (χ4n) is 1.14. The Labute approximate surface area is 77.3 Å². The molecular weight excluding hydrogens is 168 g/mol. The predicted octanol–water partition coefficient (Wildman–Crippen LogP) is 0.309. The van der Waals surface area contributed by atoms with Gasteiger partial charge in [-0.15, -0.1) is 0 Å². The molecule has 1 rings (SSSR count). The molecule has 0 radical (unpaired) electrons. The number of nitrogens with zero attached hydrogens (tertiary/aromatic N) is 2. The van der Waals surface area contributed by atoms with Crippen LogP contribution < -0.4 is 5.73 Å². The van der Waals surface area contributed by atoms with E-state index >= 15 is 0 Å². The van der Waals surface area contributed by atoms with Crippen molar-refractivity contribution in [3.8, 4) is 0 Å². The van der Waals surface area contributed by atoms with E-state index in [1.54, 1.807) is 6.92 Å². The average Bonchev–Trinajstić information content (AvgIpc) is 2.50. The summed E-state index contributed by atoms with van der Waals surface area (Å²) >= 11 is 0. The molecule has 74 valence electrons. The smallest absolute Gasteiger partial charge is 0.116 e. The molecule has 13 heavy (non-hydrogen) atoms. The van der Waals surface area contributed by atoms with Crippen molar-refractivity contribution in [1.29, 1.82) is 0 Å². The zero-order valence-corrected chi connectivity index (χ0v) is 8.15. The van der Waals surface area contributed by atoms with Crippen molar-refractivity contribution >= 4 is 0 Å². The van der Waals surface area contributed by atoms with Gasteiger partial charge in [0.15, 0.2) is 0 Å². The van der Waals surface area contributed by atoms with Crippen molar-refractivity contribution in [1.82, 2.24) is 15.4 Å². The maximum absolute atomic E-state index is 9.67. The van der Waals surface area contributed by atoms with Gasteiger partial charge in [-0.1, -0.05) is 13.8 Å². The van der Waals surface area contributed by atoms with Gasteiger partial charge in [0.05, 0.1) is 5.69 Å². The van der Waals surface area contributed by atoms with Crippen LogP contribution >= 0.6 is 0 Å². The van der Waals surface area contributed by atoms with Crippen LogP contribution in [0, 0.1) is 0 Å². The number of hydrogen-bond acceptors (Lipinski definition) is 4. The van der Waals surface area contributed by atoms with Gasteiger partial charge >= 0.3 is 0 Å². The summed E-state index contributed by atoms with van der Waals surface area (Å²) in [6.45, 7) is 5.73. The van der Waals surface area contributed by atoms with Gasteiger partial charge in [-0.2, -0.15) is 15.4 Å². The van der Waals surface area contributed by atoms with Crippen molar-refractivity contribution in [3.05, 3.63) is 11.4 Å². The highest BCUT2D eigenvalue weighted by atomic mass is 16.3. The van der Waals surface area contributed by atoms with Crippen LogP contribution in [0.2, 0.25) is 0 Å². The van der Waals surface area contributed by atoms with Crippen LogP contribution in [-0.2, 0) is 0 Å². The normalized spacial score (nSPS) is 16.2. The molecule has 0 fully saturated rings. The van der Waals surface area contributed by atoms with Crippen LogP contribution in [0.4, 0.5) is 0 Å². The molecule has 0 spiro atoms. The third-order valence-electron chi connectivity index (χ3n) is 1.93. The van der Waals surface area contributed by atoms with Crippen molar-refractivity contribution in [2.24, 2.45) is 5.73 Å². The Bertz CT molecular complexity index is 269. The predicted molar refractivity (Wildman–Crippen MR) is 49.1 cm³/mol. The number of aliphatic hydroxyl groups is 1. The topological polar surface area (TPSA) is 87.8 Å². The van der Waals surface area contributed by atoms with E-state index in [0.717, 1.165) is 5.69 Å². The molecule has 1 aromatic rings. The summed E-state index contributed by atoms with van der Waals surface area (Å²) in [4.78, 5) is 0. The molecule has 1 heterocycles. The Morgan fingerprint density at radius 3 is 2.23 bits per heavy atom. The van der Waals surface area contributed by atoms with E-state index in [0.29, 0.717) is 5.69 Å². The highest BCUT2D eigenvalue weighted by molar-refractivity contribution is 5.16. The van der Waals surface area contributed by atoms with Gasteiger partial charge in [0, 0.05) is 6.04 Å². The molecule has 4 N–H and O–H groups in total. The number of aromatic amines is 1. The van der Waals surface area contributed by atoms with Crippen molar-refractivity contribution in [2.45, 2.75) is 38.8 Å². The monoisotopic (exact) mass is 184 g/mol. The van der Waals surface area contributed by atoms with Crippen LogP contribution in [0.25, 0.3) is 0 Å². The number of hydrogen-bond donors (Lipinski definition) is 3. The number of aliphatic hydroxyl groups excluding tert-OH is 1. The maximum Gasteiger partial charge on any atom is 0.116 e. The van der Waals surface area contributed by atoms with E-state index in [9.17, 15) is 5.11 Å². The van der Waals surface area contributed by atoms with Crippen LogP contribution in [0.3, 0.4) is 0 Å². The molecule has 0 aromatic carbocycles. The molecule has 0 saturated heterocycles. The van der Waals surface area contributed by atoms with Crippen molar-refractivity contribution in [2.75, 3.05) is 0 Å². The first-order chi connectivity index (χ1) is 6.04. The minimum absolute atomic E-state index is 0.238. The van der Waals surface area contributed by atoms with E-state index < -0.39 is 6.10 Å². The number of nitrogens with one attached hydrogen (secondary N) is 1. The second kappa shape index (κ2) is 3.85. The SMILES string of the molecule is CC(C)c1n[nH]nc1C(O)C(C)N. The zero-order chi connectivity index (χ0) is 10.0. The Hall–Kier alpha value is -0.940. The van der Waals surface area contributed by atoms with Crippen molar-refractivity contribution < 1.29 is 5.11 Å². The van der Waals surface area contributed by atoms with E-state index in [4.69, 9.17) is 5.73 Å². The summed E-state index contributed by atoms with van der Waals surface area (Å²) in [5.74, 6) is 0.238. The van der Waals surface area contributed by atoms with Gasteiger partial charge in [-0.3, -0.25) is 0 Å². The molecule has 1 aromatic heterocycles. The van der Waals surface area contributed by atoms with Crippen LogP contribution in [0.15, 0.2) is 0 Å². The number of aromatic nitrogens is 3. The highest BCUT2D eigenvalue weighted by Crippen LogP contribution is 2.21. The molecule has 0 amide bonds. The van der Waals surface area contributed by atoms with Gasteiger partial charge in [0.1, 0.15) is 11.8 Å². The number of H-pyrrole nitrogens is 1. The lowest BCUT2D eigenvalue weighted by atomic mass is 10.0. The molecule has 0 aliphatic carbocycles. The Balaban J connectivity index is 2.93. The second-order valence-corrected chi connectivity index (χ2v) is 3.55. The van der Waals surface area contributed by atoms with Gasteiger partial charge in [-0.05, 0) is 12.8 Å². The van der Waals surface area contributed by atoms with Gasteiger partial charge < -0.3 is 10.8 Å². The quantitative estimate of drug-likeness (QED) is 0.630. The maximum atomic E-state index is 9.67. The largest absolute Gasteiger partial charge is 0.385 e. The summed E-state index contributed by atoms with van der Waals surface area (Å²) < 4.78 is 0. The third-order valence-corrected chi connectivity index (χ3v) is 1.93. The lowest BCUT2D eigenvalue weighted by Gasteiger charge is -2.13. The number of rotatable bonds is 3. The number of nitrogens with two attached hydrogens (primary N) is 1. The third kappa shape index (κ3) is 2.05. The molecular formula is C8H16N4O. The van der Waals surface area contributed by atoms with Gasteiger partial charge in [0.2, 0.25) is 0 Å². The summed E-state index contributed by atoms with van der Waals surface area (Å²) in [5, 5.41) is 20.0. The first-order valence-electron chi connectivity index (χ1n) is 4.38. The first kappa shape index (κ1) is 10.1. The lowest BCUT2D eigenvalue weighted by molar-refractivity contribution is 0.147. The van der Waals surface area contributed by atoms with Gasteiger partial charge in [-0.25, -0.2) is 0 Å². The summed E-state index contributed by atoms with van der Waals surface area (Å²) in [6.07, 6.45) is -0.740. The molecule has 2 atom stereocenters. The molecule has 0 aliphatic heterocycles. The summed E-state index contributed by atoms with van der Waals surface area (Å²) in [5.41, 5.74) is 6.91. The Kier molecular flexibility index (Phi) is 3.00. The van der Waals surface area contributed by atoms with Crippen molar-refractivity contribution in [3.63, 3.8) is 0 Å². The molecule has 0 aliphatic rings. The molecule has 0 saturated carbocycles. The van der Waals surface area contributed by atoms with Crippen LogP contribution in [0.1, 0.15) is 44.2 Å². The lowest BCUT2D eigenvalue weighted by Crippen LogP contribution is -2.25. The summed E-state index contributed by atoms with van der Waals surface area (Å²) in [6, 6.07) is -0.331. The van der Waals surface area contributed by atoms with Crippen LogP contribution in [0.5, 0.6) is 0 Å². The highest BCUT2D eigenvalue weighted by Gasteiger charge is 2.21.